The van der Waals surface area contributed by atoms with Crippen LogP contribution in [0.5, 0.6) is 0 Å². The van der Waals surface area contributed by atoms with Crippen molar-refractivity contribution in [2.24, 2.45) is 7.05 Å². The number of rotatable bonds is 4. The maximum atomic E-state index is 12.9. The van der Waals surface area contributed by atoms with Gasteiger partial charge in [-0.25, -0.2) is 8.42 Å². The van der Waals surface area contributed by atoms with Gasteiger partial charge in [0.15, 0.2) is 0 Å². The molecule has 3 rings (SSSR count). The van der Waals surface area contributed by atoms with Gasteiger partial charge in [-0.05, 0) is 55.0 Å². The minimum atomic E-state index is -4.51. The third-order valence-electron chi connectivity index (χ3n) is 4.82. The SMILES string of the molecule is Cc1c(CC[NH3+])c2cc(S(=O)(=O)c3ccc(C(F)(F)F)cc3)ccc2n1C. The molecule has 0 saturated carbocycles. The lowest BCUT2D eigenvalue weighted by molar-refractivity contribution is -0.366. The molecule has 0 spiro atoms. The highest BCUT2D eigenvalue weighted by atomic mass is 32.2. The third-order valence-corrected chi connectivity index (χ3v) is 6.59. The van der Waals surface area contributed by atoms with Gasteiger partial charge in [0.25, 0.3) is 0 Å². The Morgan fingerprint density at radius 3 is 2.19 bits per heavy atom. The number of hydrogen-bond acceptors (Lipinski definition) is 2. The van der Waals surface area contributed by atoms with Gasteiger partial charge in [-0.2, -0.15) is 13.2 Å². The summed E-state index contributed by atoms with van der Waals surface area (Å²) in [6, 6.07) is 8.37. The van der Waals surface area contributed by atoms with Crippen molar-refractivity contribution < 1.29 is 27.3 Å². The third kappa shape index (κ3) is 3.35. The largest absolute Gasteiger partial charge is 0.416 e. The van der Waals surface area contributed by atoms with Crippen molar-refractivity contribution in [3.63, 3.8) is 0 Å². The van der Waals surface area contributed by atoms with Gasteiger partial charge in [-0.1, -0.05) is 0 Å². The van der Waals surface area contributed by atoms with Crippen LogP contribution in [0.3, 0.4) is 0 Å². The number of aryl methyl sites for hydroxylation is 1. The number of quaternary nitrogens is 1. The van der Waals surface area contributed by atoms with Gasteiger partial charge < -0.3 is 10.3 Å². The summed E-state index contributed by atoms with van der Waals surface area (Å²) >= 11 is 0. The highest BCUT2D eigenvalue weighted by molar-refractivity contribution is 7.91. The molecule has 8 heteroatoms. The van der Waals surface area contributed by atoms with Gasteiger partial charge in [0, 0.05) is 30.1 Å². The molecule has 27 heavy (non-hydrogen) atoms. The number of alkyl halides is 3. The summed E-state index contributed by atoms with van der Waals surface area (Å²) in [5, 5.41) is 0.826. The molecular formula is C19H20F3N2O2S+. The van der Waals surface area contributed by atoms with E-state index in [4.69, 9.17) is 0 Å². The van der Waals surface area contributed by atoms with E-state index in [1.165, 1.54) is 6.07 Å². The highest BCUT2D eigenvalue weighted by Crippen LogP contribution is 2.32. The van der Waals surface area contributed by atoms with Gasteiger partial charge >= 0.3 is 6.18 Å². The maximum absolute atomic E-state index is 12.9. The van der Waals surface area contributed by atoms with Crippen LogP contribution in [0.4, 0.5) is 13.2 Å². The molecule has 0 aliphatic heterocycles. The van der Waals surface area contributed by atoms with Crippen molar-refractivity contribution in [3.05, 3.63) is 59.3 Å². The molecule has 0 aliphatic carbocycles. The van der Waals surface area contributed by atoms with Crippen LogP contribution in [-0.4, -0.2) is 19.5 Å². The van der Waals surface area contributed by atoms with E-state index in [-0.39, 0.29) is 9.79 Å². The molecule has 0 atom stereocenters. The number of fused-ring (bicyclic) bond motifs is 1. The fourth-order valence-corrected chi connectivity index (χ4v) is 4.53. The molecule has 3 N–H and O–H groups in total. The number of nitrogens with zero attached hydrogens (tertiary/aromatic N) is 1. The summed E-state index contributed by atoms with van der Waals surface area (Å²) in [5.41, 5.74) is 5.96. The summed E-state index contributed by atoms with van der Waals surface area (Å²) in [7, 11) is -2.01. The first-order chi connectivity index (χ1) is 12.6. The lowest BCUT2D eigenvalue weighted by Crippen LogP contribution is -2.51. The van der Waals surface area contributed by atoms with Crippen LogP contribution in [0, 0.1) is 6.92 Å². The smallest absolute Gasteiger partial charge is 0.357 e. The van der Waals surface area contributed by atoms with Crippen molar-refractivity contribution in [1.29, 1.82) is 0 Å². The zero-order valence-corrected chi connectivity index (χ0v) is 15.8. The van der Waals surface area contributed by atoms with E-state index in [0.717, 1.165) is 46.4 Å². The molecule has 2 aromatic carbocycles. The molecule has 1 aromatic heterocycles. The Bertz CT molecular complexity index is 1100. The Kier molecular flexibility index (Phi) is 4.81. The first-order valence-corrected chi connectivity index (χ1v) is 9.85. The van der Waals surface area contributed by atoms with Gasteiger partial charge in [0.05, 0.1) is 21.9 Å². The van der Waals surface area contributed by atoms with Gasteiger partial charge in [-0.15, -0.1) is 0 Å². The molecule has 4 nitrogen and oxygen atoms in total. The monoisotopic (exact) mass is 397 g/mol. The standard InChI is InChI=1S/C19H19F3N2O2S/c1-12-16(9-10-23)17-11-15(7-8-18(17)24(12)2)27(25,26)14-5-3-13(4-6-14)19(20,21)22/h3-8,11H,9-10,23H2,1-2H3/p+1. The maximum Gasteiger partial charge on any atom is 0.416 e. The second-order valence-electron chi connectivity index (χ2n) is 6.43. The zero-order chi connectivity index (χ0) is 20.0. The number of hydrogen-bond donors (Lipinski definition) is 1. The Hall–Kier alpha value is -2.32. The van der Waals surface area contributed by atoms with E-state index >= 15 is 0 Å². The Labute approximate surface area is 155 Å². The summed E-state index contributed by atoms with van der Waals surface area (Å²) in [4.78, 5) is -0.105. The minimum absolute atomic E-state index is 0.0608. The normalized spacial score (nSPS) is 12.7. The molecule has 0 radical (unpaired) electrons. The number of aromatic nitrogens is 1. The van der Waals surface area contributed by atoms with Crippen molar-refractivity contribution in [1.82, 2.24) is 4.57 Å². The summed E-state index contributed by atoms with van der Waals surface area (Å²) in [6.45, 7) is 2.64. The second-order valence-corrected chi connectivity index (χ2v) is 8.38. The predicted molar refractivity (Wildman–Crippen MR) is 96.0 cm³/mol. The second kappa shape index (κ2) is 6.69. The quantitative estimate of drug-likeness (QED) is 0.735. The zero-order valence-electron chi connectivity index (χ0n) is 15.0. The molecule has 0 bridgehead atoms. The number of sulfone groups is 1. The fraction of sp³-hybridized carbons (Fsp3) is 0.263. The van der Waals surface area contributed by atoms with Crippen LogP contribution in [0.25, 0.3) is 10.9 Å². The Balaban J connectivity index is 2.12. The average molecular weight is 397 g/mol. The topological polar surface area (TPSA) is 66.7 Å². The molecule has 0 saturated heterocycles. The molecule has 1 heterocycles. The molecule has 3 aromatic rings. The van der Waals surface area contributed by atoms with Crippen LogP contribution < -0.4 is 5.73 Å². The fourth-order valence-electron chi connectivity index (χ4n) is 3.25. The van der Waals surface area contributed by atoms with Crippen molar-refractivity contribution in [3.8, 4) is 0 Å². The van der Waals surface area contributed by atoms with E-state index in [9.17, 15) is 21.6 Å². The van der Waals surface area contributed by atoms with Crippen molar-refractivity contribution >= 4 is 20.7 Å². The van der Waals surface area contributed by atoms with E-state index in [2.05, 4.69) is 5.73 Å². The van der Waals surface area contributed by atoms with Crippen LogP contribution in [0.15, 0.2) is 52.3 Å². The molecule has 0 fully saturated rings. The van der Waals surface area contributed by atoms with Crippen molar-refractivity contribution in [2.75, 3.05) is 6.54 Å². The molecule has 0 aliphatic rings. The number of halogens is 3. The number of benzene rings is 2. The first-order valence-electron chi connectivity index (χ1n) is 8.37. The average Bonchev–Trinajstić information content (AvgIpc) is 2.86. The van der Waals surface area contributed by atoms with Crippen LogP contribution in [-0.2, 0) is 29.5 Å². The van der Waals surface area contributed by atoms with Crippen LogP contribution in [0.1, 0.15) is 16.8 Å². The van der Waals surface area contributed by atoms with E-state index in [0.29, 0.717) is 13.0 Å². The molecule has 0 amide bonds. The lowest BCUT2D eigenvalue weighted by atomic mass is 10.1. The highest BCUT2D eigenvalue weighted by Gasteiger charge is 2.31. The predicted octanol–water partition coefficient (Wildman–Crippen LogP) is 3.12. The van der Waals surface area contributed by atoms with E-state index < -0.39 is 21.6 Å². The van der Waals surface area contributed by atoms with E-state index in [1.807, 2.05) is 18.5 Å². The first kappa shape index (κ1) is 19.4. The minimum Gasteiger partial charge on any atom is -0.357 e. The summed E-state index contributed by atoms with van der Waals surface area (Å²) < 4.78 is 65.9. The van der Waals surface area contributed by atoms with Gasteiger partial charge in [0.2, 0.25) is 9.84 Å². The molecule has 0 unspecified atom stereocenters. The summed E-state index contributed by atoms with van der Waals surface area (Å²) in [6.07, 6.45) is -3.79. The van der Waals surface area contributed by atoms with Crippen LogP contribution >= 0.6 is 0 Å². The molecule has 144 valence electrons. The van der Waals surface area contributed by atoms with Crippen LogP contribution in [0.2, 0.25) is 0 Å². The molecular weight excluding hydrogens is 377 g/mol. The Morgan fingerprint density at radius 1 is 1.04 bits per heavy atom. The van der Waals surface area contributed by atoms with Crippen molar-refractivity contribution in [2.45, 2.75) is 29.3 Å². The summed E-state index contributed by atoms with van der Waals surface area (Å²) in [5.74, 6) is 0. The van der Waals surface area contributed by atoms with Gasteiger partial charge in [-0.3, -0.25) is 0 Å². The van der Waals surface area contributed by atoms with Gasteiger partial charge in [0.1, 0.15) is 0 Å². The Morgan fingerprint density at radius 2 is 1.63 bits per heavy atom. The lowest BCUT2D eigenvalue weighted by Gasteiger charge is -2.09. The van der Waals surface area contributed by atoms with E-state index in [1.54, 1.807) is 12.1 Å².